The van der Waals surface area contributed by atoms with Crippen molar-refractivity contribution in [2.24, 2.45) is 0 Å². The topological polar surface area (TPSA) is 96.5 Å². The maximum atomic E-state index is 12.9. The molecule has 0 aromatic heterocycles. The zero-order valence-corrected chi connectivity index (χ0v) is 22.3. The van der Waals surface area contributed by atoms with E-state index in [1.165, 1.54) is 12.1 Å². The first-order chi connectivity index (χ1) is 17.2. The van der Waals surface area contributed by atoms with E-state index in [4.69, 9.17) is 17.0 Å². The molecule has 9 heteroatoms. The van der Waals surface area contributed by atoms with Crippen LogP contribution in [0.3, 0.4) is 0 Å². The number of anilines is 2. The van der Waals surface area contributed by atoms with E-state index < -0.39 is 15.9 Å². The van der Waals surface area contributed by atoms with Gasteiger partial charge in [0, 0.05) is 5.69 Å². The van der Waals surface area contributed by atoms with E-state index in [-0.39, 0.29) is 10.0 Å². The number of amides is 1. The average Bonchev–Trinajstić information content (AvgIpc) is 2.85. The lowest BCUT2D eigenvalue weighted by atomic mass is 10.1. The van der Waals surface area contributed by atoms with Gasteiger partial charge < -0.3 is 10.1 Å². The molecule has 0 atom stereocenters. The van der Waals surface area contributed by atoms with Crippen LogP contribution < -0.4 is 20.1 Å². The summed E-state index contributed by atoms with van der Waals surface area (Å²) in [5.74, 6) is 0.107. The van der Waals surface area contributed by atoms with E-state index in [1.54, 1.807) is 30.3 Å². The zero-order valence-electron chi connectivity index (χ0n) is 20.6. The predicted octanol–water partition coefficient (Wildman–Crippen LogP) is 5.80. The molecule has 0 heterocycles. The highest BCUT2D eigenvalue weighted by Crippen LogP contribution is 2.24. The Morgan fingerprint density at radius 1 is 0.917 bits per heavy atom. The van der Waals surface area contributed by atoms with Crippen LogP contribution >= 0.6 is 12.2 Å². The second-order valence-corrected chi connectivity index (χ2v) is 10.4. The van der Waals surface area contributed by atoms with Crippen molar-refractivity contribution >= 4 is 44.6 Å². The van der Waals surface area contributed by atoms with Crippen LogP contribution in [-0.4, -0.2) is 26.0 Å². The summed E-state index contributed by atoms with van der Waals surface area (Å²) in [6, 6.07) is 18.7. The first-order valence-electron chi connectivity index (χ1n) is 11.7. The van der Waals surface area contributed by atoms with Gasteiger partial charge in [0.2, 0.25) is 0 Å². The van der Waals surface area contributed by atoms with E-state index >= 15 is 0 Å². The van der Waals surface area contributed by atoms with Crippen molar-refractivity contribution in [2.75, 3.05) is 16.6 Å². The SMILES string of the molecule is CCCCCOc1ccccc1C(=O)NC(=S)Nc1ccc(S(=O)(=O)Nc2c(C)cccc2C)cc1. The summed E-state index contributed by atoms with van der Waals surface area (Å²) in [5.41, 5.74) is 3.17. The van der Waals surface area contributed by atoms with Crippen LogP contribution in [-0.2, 0) is 10.0 Å². The third-order valence-corrected chi connectivity index (χ3v) is 7.07. The number of aryl methyl sites for hydroxylation is 2. The number of nitrogens with one attached hydrogen (secondary N) is 3. The molecule has 0 fully saturated rings. The fourth-order valence-electron chi connectivity index (χ4n) is 3.53. The van der Waals surface area contributed by atoms with Gasteiger partial charge in [-0.05, 0) is 80.0 Å². The lowest BCUT2D eigenvalue weighted by Crippen LogP contribution is -2.34. The summed E-state index contributed by atoms with van der Waals surface area (Å²) in [4.78, 5) is 12.9. The Kier molecular flexibility index (Phi) is 9.44. The largest absolute Gasteiger partial charge is 0.493 e. The number of benzene rings is 3. The molecule has 0 saturated carbocycles. The number of hydrogen-bond acceptors (Lipinski definition) is 5. The third kappa shape index (κ3) is 7.29. The van der Waals surface area contributed by atoms with Crippen LogP contribution in [0.2, 0.25) is 0 Å². The molecular weight excluding hydrogens is 494 g/mol. The number of unbranched alkanes of at least 4 members (excludes halogenated alkanes) is 2. The van der Waals surface area contributed by atoms with Crippen molar-refractivity contribution in [1.29, 1.82) is 0 Å². The Morgan fingerprint density at radius 3 is 2.25 bits per heavy atom. The van der Waals surface area contributed by atoms with Crippen molar-refractivity contribution in [3.05, 3.63) is 83.4 Å². The molecule has 190 valence electrons. The van der Waals surface area contributed by atoms with E-state index in [0.717, 1.165) is 30.4 Å². The quantitative estimate of drug-likeness (QED) is 0.229. The fourth-order valence-corrected chi connectivity index (χ4v) is 4.95. The third-order valence-electron chi connectivity index (χ3n) is 5.50. The van der Waals surface area contributed by atoms with Crippen molar-refractivity contribution < 1.29 is 17.9 Å². The van der Waals surface area contributed by atoms with Gasteiger partial charge in [-0.2, -0.15) is 0 Å². The van der Waals surface area contributed by atoms with E-state index in [1.807, 2.05) is 38.1 Å². The molecule has 0 saturated heterocycles. The number of carbonyl (C=O) groups excluding carboxylic acids is 1. The van der Waals surface area contributed by atoms with Crippen LogP contribution in [0.15, 0.2) is 71.6 Å². The molecule has 0 bridgehead atoms. The normalized spacial score (nSPS) is 11.0. The number of carbonyl (C=O) groups is 1. The molecule has 0 aliphatic carbocycles. The predicted molar refractivity (Wildman–Crippen MR) is 148 cm³/mol. The van der Waals surface area contributed by atoms with Crippen LogP contribution in [0, 0.1) is 13.8 Å². The van der Waals surface area contributed by atoms with Gasteiger partial charge in [0.15, 0.2) is 5.11 Å². The first-order valence-corrected chi connectivity index (χ1v) is 13.6. The molecular formula is C27H31N3O4S2. The minimum Gasteiger partial charge on any atom is -0.493 e. The van der Waals surface area contributed by atoms with Crippen LogP contribution in [0.4, 0.5) is 11.4 Å². The Morgan fingerprint density at radius 2 is 1.58 bits per heavy atom. The standard InChI is InChI=1S/C27H31N3O4S2/c1-4-5-8-18-34-24-13-7-6-12-23(24)26(31)29-27(35)28-21-14-16-22(17-15-21)36(32,33)30-25-19(2)10-9-11-20(25)3/h6-7,9-17,30H,4-5,8,18H2,1-3H3,(H2,28,29,31,35). The highest BCUT2D eigenvalue weighted by atomic mass is 32.2. The van der Waals surface area contributed by atoms with Gasteiger partial charge in [-0.3, -0.25) is 14.8 Å². The number of hydrogen-bond donors (Lipinski definition) is 3. The van der Waals surface area contributed by atoms with E-state index in [0.29, 0.717) is 29.3 Å². The molecule has 7 nitrogen and oxygen atoms in total. The van der Waals surface area contributed by atoms with Crippen molar-refractivity contribution in [1.82, 2.24) is 5.32 Å². The van der Waals surface area contributed by atoms with Gasteiger partial charge in [0.1, 0.15) is 5.75 Å². The lowest BCUT2D eigenvalue weighted by molar-refractivity contribution is 0.0973. The number of ether oxygens (including phenoxy) is 1. The maximum absolute atomic E-state index is 12.9. The molecule has 3 aromatic carbocycles. The highest BCUT2D eigenvalue weighted by Gasteiger charge is 2.17. The summed E-state index contributed by atoms with van der Waals surface area (Å²) in [7, 11) is -3.77. The zero-order chi connectivity index (χ0) is 26.1. The number of thiocarbonyl (C=S) groups is 1. The smallest absolute Gasteiger partial charge is 0.261 e. The Bertz CT molecular complexity index is 1300. The second-order valence-electron chi connectivity index (χ2n) is 8.36. The molecule has 0 unspecified atom stereocenters. The minimum absolute atomic E-state index is 0.0880. The van der Waals surface area contributed by atoms with Gasteiger partial charge in [-0.1, -0.05) is 50.1 Å². The maximum Gasteiger partial charge on any atom is 0.261 e. The molecule has 1 amide bonds. The van der Waals surface area contributed by atoms with Gasteiger partial charge in [0.25, 0.3) is 15.9 Å². The summed E-state index contributed by atoms with van der Waals surface area (Å²) >= 11 is 5.28. The Balaban J connectivity index is 1.62. The molecule has 0 spiro atoms. The monoisotopic (exact) mass is 525 g/mol. The molecule has 3 aromatic rings. The van der Waals surface area contributed by atoms with Gasteiger partial charge in [0.05, 0.1) is 22.8 Å². The average molecular weight is 526 g/mol. The summed E-state index contributed by atoms with van der Waals surface area (Å²) in [6.07, 6.45) is 3.06. The Hall–Kier alpha value is -3.43. The van der Waals surface area contributed by atoms with E-state index in [9.17, 15) is 13.2 Å². The van der Waals surface area contributed by atoms with Crippen LogP contribution in [0.5, 0.6) is 5.75 Å². The van der Waals surface area contributed by atoms with Gasteiger partial charge >= 0.3 is 0 Å². The molecule has 36 heavy (non-hydrogen) atoms. The molecule has 0 radical (unpaired) electrons. The van der Waals surface area contributed by atoms with Crippen LogP contribution in [0.25, 0.3) is 0 Å². The summed E-state index contributed by atoms with van der Waals surface area (Å²) in [5, 5.41) is 5.65. The summed E-state index contributed by atoms with van der Waals surface area (Å²) in [6.45, 7) is 6.35. The number of rotatable bonds is 10. The second kappa shape index (κ2) is 12.5. The van der Waals surface area contributed by atoms with Crippen molar-refractivity contribution in [3.63, 3.8) is 0 Å². The number of sulfonamides is 1. The van der Waals surface area contributed by atoms with E-state index in [2.05, 4.69) is 22.3 Å². The highest BCUT2D eigenvalue weighted by molar-refractivity contribution is 7.92. The Labute approximate surface area is 218 Å². The van der Waals surface area contributed by atoms with Crippen molar-refractivity contribution in [2.45, 2.75) is 44.9 Å². The van der Waals surface area contributed by atoms with Gasteiger partial charge in [-0.15, -0.1) is 0 Å². The first kappa shape index (κ1) is 27.2. The summed E-state index contributed by atoms with van der Waals surface area (Å²) < 4.78 is 34.2. The lowest BCUT2D eigenvalue weighted by Gasteiger charge is -2.14. The molecule has 0 aliphatic rings. The molecule has 3 N–H and O–H groups in total. The fraction of sp³-hybridized carbons (Fsp3) is 0.259. The number of para-hydroxylation sites is 2. The molecule has 0 aliphatic heterocycles. The molecule has 3 rings (SSSR count). The van der Waals surface area contributed by atoms with Crippen LogP contribution in [0.1, 0.15) is 47.7 Å². The minimum atomic E-state index is -3.77. The van der Waals surface area contributed by atoms with Crippen molar-refractivity contribution in [3.8, 4) is 5.75 Å². The van der Waals surface area contributed by atoms with Gasteiger partial charge in [-0.25, -0.2) is 8.42 Å².